The van der Waals surface area contributed by atoms with E-state index in [1.165, 1.54) is 0 Å². The summed E-state index contributed by atoms with van der Waals surface area (Å²) in [6, 6.07) is 5.05. The Labute approximate surface area is 137 Å². The summed E-state index contributed by atoms with van der Waals surface area (Å²) < 4.78 is 5.47. The Kier molecular flexibility index (Phi) is 9.04. The van der Waals surface area contributed by atoms with Crippen molar-refractivity contribution in [2.24, 2.45) is 0 Å². The standard InChI is InChI=1S/C15H24Cl2N2O2/c1-19(2)8-4-3-7-18-10-12(20)11-21-13-5-6-14(16)15(17)9-13/h5-6,9,12,18,20H,3-4,7-8,10-11H2,1-2H3. The van der Waals surface area contributed by atoms with Gasteiger partial charge >= 0.3 is 0 Å². The Morgan fingerprint density at radius 2 is 2.00 bits per heavy atom. The van der Waals surface area contributed by atoms with Crippen LogP contribution in [0.2, 0.25) is 10.0 Å². The van der Waals surface area contributed by atoms with Gasteiger partial charge in [0.25, 0.3) is 0 Å². The highest BCUT2D eigenvalue weighted by molar-refractivity contribution is 6.42. The number of aliphatic hydroxyl groups is 1. The van der Waals surface area contributed by atoms with E-state index in [4.69, 9.17) is 27.9 Å². The van der Waals surface area contributed by atoms with Crippen LogP contribution in [0.4, 0.5) is 0 Å². The molecule has 1 rings (SSSR count). The lowest BCUT2D eigenvalue weighted by molar-refractivity contribution is 0.106. The zero-order chi connectivity index (χ0) is 15.7. The first-order valence-electron chi connectivity index (χ1n) is 7.10. The molecule has 6 heteroatoms. The van der Waals surface area contributed by atoms with Gasteiger partial charge in [0.2, 0.25) is 0 Å². The lowest BCUT2D eigenvalue weighted by Crippen LogP contribution is -2.32. The number of benzene rings is 1. The molecule has 0 amide bonds. The van der Waals surface area contributed by atoms with E-state index < -0.39 is 6.10 Å². The Hall–Kier alpha value is -0.520. The van der Waals surface area contributed by atoms with Gasteiger partial charge in [-0.05, 0) is 52.2 Å². The third-order valence-electron chi connectivity index (χ3n) is 2.92. The fourth-order valence-corrected chi connectivity index (χ4v) is 2.05. The summed E-state index contributed by atoms with van der Waals surface area (Å²) in [4.78, 5) is 2.17. The third-order valence-corrected chi connectivity index (χ3v) is 3.66. The molecule has 2 N–H and O–H groups in total. The second-order valence-corrected chi connectivity index (χ2v) is 6.07. The molecule has 0 heterocycles. The maximum atomic E-state index is 9.82. The minimum atomic E-state index is -0.548. The molecular formula is C15H24Cl2N2O2. The van der Waals surface area contributed by atoms with Gasteiger partial charge in [0, 0.05) is 12.6 Å². The van der Waals surface area contributed by atoms with E-state index >= 15 is 0 Å². The molecule has 0 aliphatic carbocycles. The molecule has 0 spiro atoms. The number of unbranched alkanes of at least 4 members (excludes halogenated alkanes) is 1. The third kappa shape index (κ3) is 8.49. The van der Waals surface area contributed by atoms with Gasteiger partial charge in [0.15, 0.2) is 0 Å². The topological polar surface area (TPSA) is 44.7 Å². The van der Waals surface area contributed by atoms with Crippen LogP contribution < -0.4 is 10.1 Å². The zero-order valence-corrected chi connectivity index (χ0v) is 14.1. The predicted octanol–water partition coefficient (Wildman–Crippen LogP) is 2.66. The second kappa shape index (κ2) is 10.2. The van der Waals surface area contributed by atoms with Crippen molar-refractivity contribution < 1.29 is 9.84 Å². The Morgan fingerprint density at radius 3 is 2.67 bits per heavy atom. The largest absolute Gasteiger partial charge is 0.491 e. The molecule has 0 aromatic heterocycles. The summed E-state index contributed by atoms with van der Waals surface area (Å²) in [6.07, 6.45) is 1.70. The minimum Gasteiger partial charge on any atom is -0.491 e. The van der Waals surface area contributed by atoms with E-state index in [9.17, 15) is 5.11 Å². The van der Waals surface area contributed by atoms with E-state index in [1.54, 1.807) is 18.2 Å². The first-order valence-corrected chi connectivity index (χ1v) is 7.86. The van der Waals surface area contributed by atoms with E-state index in [0.717, 1.165) is 25.9 Å². The quantitative estimate of drug-likeness (QED) is 0.646. The smallest absolute Gasteiger partial charge is 0.121 e. The SMILES string of the molecule is CN(C)CCCCNCC(O)COc1ccc(Cl)c(Cl)c1. The van der Waals surface area contributed by atoms with Gasteiger partial charge in [0.1, 0.15) is 18.5 Å². The summed E-state index contributed by atoms with van der Waals surface area (Å²) in [6.45, 7) is 2.73. The molecule has 120 valence electrons. The number of aliphatic hydroxyl groups excluding tert-OH is 1. The minimum absolute atomic E-state index is 0.225. The van der Waals surface area contributed by atoms with E-state index in [1.807, 2.05) is 0 Å². The van der Waals surface area contributed by atoms with E-state index in [2.05, 4.69) is 24.3 Å². The Balaban J connectivity index is 2.10. The number of nitrogens with one attached hydrogen (secondary N) is 1. The highest BCUT2D eigenvalue weighted by Gasteiger charge is 2.06. The van der Waals surface area contributed by atoms with E-state index in [0.29, 0.717) is 22.3 Å². The average molecular weight is 335 g/mol. The van der Waals surface area contributed by atoms with Crippen molar-refractivity contribution in [3.63, 3.8) is 0 Å². The van der Waals surface area contributed by atoms with Gasteiger partial charge in [-0.25, -0.2) is 0 Å². The van der Waals surface area contributed by atoms with Crippen LogP contribution in [-0.4, -0.2) is 56.4 Å². The van der Waals surface area contributed by atoms with Crippen LogP contribution in [0.3, 0.4) is 0 Å². The molecule has 0 saturated heterocycles. The fraction of sp³-hybridized carbons (Fsp3) is 0.600. The number of rotatable bonds is 10. The van der Waals surface area contributed by atoms with Crippen molar-refractivity contribution in [2.75, 3.05) is 40.3 Å². The lowest BCUT2D eigenvalue weighted by Gasteiger charge is -2.14. The predicted molar refractivity (Wildman–Crippen MR) is 88.6 cm³/mol. The molecule has 4 nitrogen and oxygen atoms in total. The van der Waals surface area contributed by atoms with Gasteiger partial charge in [-0.2, -0.15) is 0 Å². The summed E-state index contributed by atoms with van der Waals surface area (Å²) in [5, 5.41) is 14.0. The summed E-state index contributed by atoms with van der Waals surface area (Å²) >= 11 is 11.7. The molecule has 21 heavy (non-hydrogen) atoms. The van der Waals surface area contributed by atoms with Gasteiger partial charge in [-0.1, -0.05) is 23.2 Å². The van der Waals surface area contributed by atoms with Crippen molar-refractivity contribution in [1.82, 2.24) is 10.2 Å². The molecule has 0 fully saturated rings. The highest BCUT2D eigenvalue weighted by Crippen LogP contribution is 2.26. The van der Waals surface area contributed by atoms with Gasteiger partial charge in [-0.3, -0.25) is 0 Å². The Bertz CT molecular complexity index is 417. The maximum Gasteiger partial charge on any atom is 0.121 e. The molecule has 1 unspecified atom stereocenters. The Morgan fingerprint density at radius 1 is 1.24 bits per heavy atom. The normalized spacial score (nSPS) is 12.7. The van der Waals surface area contributed by atoms with Crippen molar-refractivity contribution >= 4 is 23.2 Å². The van der Waals surface area contributed by atoms with Crippen LogP contribution >= 0.6 is 23.2 Å². The monoisotopic (exact) mass is 334 g/mol. The number of hydrogen-bond donors (Lipinski definition) is 2. The van der Waals surface area contributed by atoms with Crippen molar-refractivity contribution in [3.05, 3.63) is 28.2 Å². The van der Waals surface area contributed by atoms with Crippen LogP contribution in [0.15, 0.2) is 18.2 Å². The number of ether oxygens (including phenoxy) is 1. The van der Waals surface area contributed by atoms with Crippen molar-refractivity contribution in [1.29, 1.82) is 0 Å². The lowest BCUT2D eigenvalue weighted by atomic mass is 10.3. The number of hydrogen-bond acceptors (Lipinski definition) is 4. The summed E-state index contributed by atoms with van der Waals surface area (Å²) in [5.41, 5.74) is 0. The van der Waals surface area contributed by atoms with Crippen LogP contribution in [0.25, 0.3) is 0 Å². The molecule has 0 radical (unpaired) electrons. The summed E-state index contributed by atoms with van der Waals surface area (Å²) in [5.74, 6) is 0.606. The molecule has 1 atom stereocenters. The van der Waals surface area contributed by atoms with Crippen LogP contribution in [0, 0.1) is 0 Å². The summed E-state index contributed by atoms with van der Waals surface area (Å²) in [7, 11) is 4.13. The number of halogens is 2. The van der Waals surface area contributed by atoms with Crippen molar-refractivity contribution in [3.8, 4) is 5.75 Å². The molecule has 0 bridgehead atoms. The number of nitrogens with zero attached hydrogens (tertiary/aromatic N) is 1. The van der Waals surface area contributed by atoms with Crippen LogP contribution in [0.1, 0.15) is 12.8 Å². The molecule has 1 aromatic rings. The van der Waals surface area contributed by atoms with Gasteiger partial charge < -0.3 is 20.1 Å². The van der Waals surface area contributed by atoms with Gasteiger partial charge in [-0.15, -0.1) is 0 Å². The molecular weight excluding hydrogens is 311 g/mol. The van der Waals surface area contributed by atoms with Crippen LogP contribution in [-0.2, 0) is 0 Å². The maximum absolute atomic E-state index is 9.82. The zero-order valence-electron chi connectivity index (χ0n) is 12.6. The first kappa shape index (κ1) is 18.5. The molecule has 0 saturated carbocycles. The van der Waals surface area contributed by atoms with Crippen molar-refractivity contribution in [2.45, 2.75) is 18.9 Å². The first-order chi connectivity index (χ1) is 9.99. The average Bonchev–Trinajstić information content (AvgIpc) is 2.43. The fourth-order valence-electron chi connectivity index (χ4n) is 1.76. The second-order valence-electron chi connectivity index (χ2n) is 5.26. The molecule has 0 aliphatic heterocycles. The highest BCUT2D eigenvalue weighted by atomic mass is 35.5. The van der Waals surface area contributed by atoms with E-state index in [-0.39, 0.29) is 6.61 Å². The molecule has 0 aliphatic rings. The molecule has 1 aromatic carbocycles. The van der Waals surface area contributed by atoms with Crippen LogP contribution in [0.5, 0.6) is 5.75 Å². The van der Waals surface area contributed by atoms with Gasteiger partial charge in [0.05, 0.1) is 10.0 Å².